The van der Waals surface area contributed by atoms with Crippen LogP contribution in [0.5, 0.6) is 0 Å². The minimum atomic E-state index is -0.459. The molecule has 0 bridgehead atoms. The Kier molecular flexibility index (Phi) is 3.27. The van der Waals surface area contributed by atoms with Crippen LogP contribution >= 0.6 is 0 Å². The zero-order chi connectivity index (χ0) is 13.3. The molecule has 0 amide bonds. The van der Waals surface area contributed by atoms with Crippen molar-refractivity contribution < 1.29 is 4.39 Å². The van der Waals surface area contributed by atoms with Gasteiger partial charge in [0.25, 0.3) is 0 Å². The topological polar surface area (TPSA) is 69.6 Å². The number of benzene rings is 1. The van der Waals surface area contributed by atoms with Gasteiger partial charge in [-0.15, -0.1) is 5.10 Å². The second kappa shape index (κ2) is 4.72. The minimum absolute atomic E-state index is 0.120. The van der Waals surface area contributed by atoms with Gasteiger partial charge in [-0.1, -0.05) is 13.8 Å². The molecule has 0 aliphatic heterocycles. The number of anilines is 1. The molecule has 0 aliphatic carbocycles. The summed E-state index contributed by atoms with van der Waals surface area (Å²) in [5.41, 5.74) is 6.20. The quantitative estimate of drug-likeness (QED) is 0.847. The highest BCUT2D eigenvalue weighted by Crippen LogP contribution is 2.25. The summed E-state index contributed by atoms with van der Waals surface area (Å²) >= 11 is 0. The van der Waals surface area contributed by atoms with Crippen LogP contribution < -0.4 is 5.73 Å². The van der Waals surface area contributed by atoms with Crippen LogP contribution in [-0.2, 0) is 0 Å². The molecule has 1 heterocycles. The molecular formula is C12H16FN5. The van der Waals surface area contributed by atoms with E-state index in [-0.39, 0.29) is 11.7 Å². The van der Waals surface area contributed by atoms with Crippen LogP contribution in [-0.4, -0.2) is 20.2 Å². The highest BCUT2D eigenvalue weighted by molar-refractivity contribution is 5.59. The lowest BCUT2D eigenvalue weighted by atomic mass is 10.1. The molecule has 0 radical (unpaired) electrons. The monoisotopic (exact) mass is 249 g/mol. The molecule has 1 atom stereocenters. The molecule has 2 aromatic rings. The number of tetrazole rings is 1. The summed E-state index contributed by atoms with van der Waals surface area (Å²) in [6.07, 6.45) is 0. The molecule has 0 spiro atoms. The summed E-state index contributed by atoms with van der Waals surface area (Å²) in [6, 6.07) is 4.72. The molecule has 2 N–H and O–H groups in total. The van der Waals surface area contributed by atoms with E-state index in [0.29, 0.717) is 17.3 Å². The molecule has 1 aromatic heterocycles. The SMILES string of the molecule is CC(C)C(C)n1nnnc1-c1ccc(N)c(F)c1. The second-order valence-corrected chi connectivity index (χ2v) is 4.67. The van der Waals surface area contributed by atoms with Crippen molar-refractivity contribution in [2.24, 2.45) is 5.92 Å². The number of rotatable bonds is 3. The van der Waals surface area contributed by atoms with Crippen molar-refractivity contribution in [3.05, 3.63) is 24.0 Å². The Labute approximate surface area is 105 Å². The molecule has 1 aromatic carbocycles. The van der Waals surface area contributed by atoms with Gasteiger partial charge >= 0.3 is 0 Å². The van der Waals surface area contributed by atoms with Gasteiger partial charge in [0.05, 0.1) is 11.7 Å². The molecule has 5 nitrogen and oxygen atoms in total. The predicted octanol–water partition coefficient (Wildman–Crippen LogP) is 2.28. The largest absolute Gasteiger partial charge is 0.396 e. The molecule has 0 fully saturated rings. The maximum atomic E-state index is 13.5. The molecular weight excluding hydrogens is 233 g/mol. The van der Waals surface area contributed by atoms with Gasteiger partial charge in [-0.05, 0) is 41.5 Å². The fourth-order valence-electron chi connectivity index (χ4n) is 1.61. The Morgan fingerprint density at radius 3 is 2.61 bits per heavy atom. The maximum Gasteiger partial charge on any atom is 0.182 e. The van der Waals surface area contributed by atoms with Crippen LogP contribution in [0.2, 0.25) is 0 Å². The second-order valence-electron chi connectivity index (χ2n) is 4.67. The molecule has 2 rings (SSSR count). The van der Waals surface area contributed by atoms with Crippen LogP contribution in [0.25, 0.3) is 11.4 Å². The number of nitrogens with zero attached hydrogens (tertiary/aromatic N) is 4. The predicted molar refractivity (Wildman–Crippen MR) is 67.2 cm³/mol. The smallest absolute Gasteiger partial charge is 0.182 e. The lowest BCUT2D eigenvalue weighted by Crippen LogP contribution is -2.14. The van der Waals surface area contributed by atoms with E-state index in [1.54, 1.807) is 10.7 Å². The maximum absolute atomic E-state index is 13.5. The average Bonchev–Trinajstić information content (AvgIpc) is 2.80. The van der Waals surface area contributed by atoms with Gasteiger partial charge in [0.2, 0.25) is 0 Å². The van der Waals surface area contributed by atoms with Crippen molar-refractivity contribution >= 4 is 5.69 Å². The van der Waals surface area contributed by atoms with E-state index in [1.807, 2.05) is 6.92 Å². The Morgan fingerprint density at radius 1 is 1.28 bits per heavy atom. The Morgan fingerprint density at radius 2 is 2.00 bits per heavy atom. The minimum Gasteiger partial charge on any atom is -0.396 e. The summed E-state index contributed by atoms with van der Waals surface area (Å²) in [4.78, 5) is 0. The average molecular weight is 249 g/mol. The number of aromatic nitrogens is 4. The van der Waals surface area contributed by atoms with Gasteiger partial charge in [-0.2, -0.15) is 0 Å². The van der Waals surface area contributed by atoms with E-state index < -0.39 is 5.82 Å². The first-order valence-corrected chi connectivity index (χ1v) is 5.84. The zero-order valence-electron chi connectivity index (χ0n) is 10.6. The fourth-order valence-corrected chi connectivity index (χ4v) is 1.61. The third-order valence-electron chi connectivity index (χ3n) is 3.10. The normalized spacial score (nSPS) is 12.9. The van der Waals surface area contributed by atoms with E-state index in [0.717, 1.165) is 0 Å². The summed E-state index contributed by atoms with van der Waals surface area (Å²) in [7, 11) is 0. The lowest BCUT2D eigenvalue weighted by molar-refractivity contribution is 0.371. The molecule has 18 heavy (non-hydrogen) atoms. The van der Waals surface area contributed by atoms with Gasteiger partial charge in [0, 0.05) is 5.56 Å². The molecule has 1 unspecified atom stereocenters. The van der Waals surface area contributed by atoms with E-state index >= 15 is 0 Å². The summed E-state index contributed by atoms with van der Waals surface area (Å²) in [5.74, 6) is 0.472. The van der Waals surface area contributed by atoms with Crippen molar-refractivity contribution in [2.45, 2.75) is 26.8 Å². The first-order valence-electron chi connectivity index (χ1n) is 5.84. The van der Waals surface area contributed by atoms with Crippen LogP contribution in [0, 0.1) is 11.7 Å². The van der Waals surface area contributed by atoms with Crippen molar-refractivity contribution in [1.29, 1.82) is 0 Å². The third kappa shape index (κ3) is 2.18. The van der Waals surface area contributed by atoms with Gasteiger partial charge in [0.15, 0.2) is 5.82 Å². The lowest BCUT2D eigenvalue weighted by Gasteiger charge is -2.16. The van der Waals surface area contributed by atoms with E-state index in [9.17, 15) is 4.39 Å². The van der Waals surface area contributed by atoms with Crippen LogP contribution in [0.1, 0.15) is 26.8 Å². The molecule has 0 saturated heterocycles. The van der Waals surface area contributed by atoms with Crippen LogP contribution in [0.4, 0.5) is 10.1 Å². The Balaban J connectivity index is 2.45. The number of halogens is 1. The fraction of sp³-hybridized carbons (Fsp3) is 0.417. The van der Waals surface area contributed by atoms with E-state index in [4.69, 9.17) is 5.73 Å². The number of hydrogen-bond donors (Lipinski definition) is 1. The van der Waals surface area contributed by atoms with Crippen molar-refractivity contribution in [3.63, 3.8) is 0 Å². The highest BCUT2D eigenvalue weighted by atomic mass is 19.1. The Hall–Kier alpha value is -1.98. The number of hydrogen-bond acceptors (Lipinski definition) is 4. The summed E-state index contributed by atoms with van der Waals surface area (Å²) < 4.78 is 15.2. The molecule has 96 valence electrons. The van der Waals surface area contributed by atoms with Gasteiger partial charge in [-0.25, -0.2) is 9.07 Å². The van der Waals surface area contributed by atoms with Gasteiger partial charge in [-0.3, -0.25) is 0 Å². The molecule has 0 saturated carbocycles. The van der Waals surface area contributed by atoms with E-state index in [1.165, 1.54) is 12.1 Å². The number of nitrogens with two attached hydrogens (primary N) is 1. The van der Waals surface area contributed by atoms with Crippen LogP contribution in [0.3, 0.4) is 0 Å². The van der Waals surface area contributed by atoms with Crippen LogP contribution in [0.15, 0.2) is 18.2 Å². The molecule has 0 aliphatic rings. The van der Waals surface area contributed by atoms with E-state index in [2.05, 4.69) is 29.4 Å². The Bertz CT molecular complexity index is 549. The first-order chi connectivity index (χ1) is 8.50. The van der Waals surface area contributed by atoms with Gasteiger partial charge < -0.3 is 5.73 Å². The zero-order valence-corrected chi connectivity index (χ0v) is 10.6. The van der Waals surface area contributed by atoms with Crippen molar-refractivity contribution in [1.82, 2.24) is 20.2 Å². The third-order valence-corrected chi connectivity index (χ3v) is 3.10. The highest BCUT2D eigenvalue weighted by Gasteiger charge is 2.17. The first kappa shape index (κ1) is 12.5. The van der Waals surface area contributed by atoms with Gasteiger partial charge in [0.1, 0.15) is 5.82 Å². The standard InChI is InChI=1S/C12H16FN5/c1-7(2)8(3)18-12(15-16-17-18)9-4-5-11(14)10(13)6-9/h4-8H,14H2,1-3H3. The summed E-state index contributed by atoms with van der Waals surface area (Å²) in [6.45, 7) is 6.19. The molecule has 6 heteroatoms. The van der Waals surface area contributed by atoms with Crippen molar-refractivity contribution in [2.75, 3.05) is 5.73 Å². The summed E-state index contributed by atoms with van der Waals surface area (Å²) in [5, 5.41) is 11.6. The van der Waals surface area contributed by atoms with Crippen molar-refractivity contribution in [3.8, 4) is 11.4 Å². The number of nitrogen functional groups attached to an aromatic ring is 1.